The second-order valence-corrected chi connectivity index (χ2v) is 9.19. The zero-order chi connectivity index (χ0) is 26.0. The highest BCUT2D eigenvalue weighted by Crippen LogP contribution is 2.50. The Morgan fingerprint density at radius 1 is 0.917 bits per heavy atom. The number of carbonyl (C=O) groups is 2. The Bertz CT molecular complexity index is 1830. The van der Waals surface area contributed by atoms with Gasteiger partial charge in [0, 0.05) is 39.1 Å². The molecule has 0 radical (unpaired) electrons. The van der Waals surface area contributed by atoms with Gasteiger partial charge in [-0.2, -0.15) is 4.39 Å². The van der Waals surface area contributed by atoms with Crippen LogP contribution in [0.3, 0.4) is 0 Å². The summed E-state index contributed by atoms with van der Waals surface area (Å²) in [6.45, 7) is 1.23. The lowest BCUT2D eigenvalue weighted by molar-refractivity contribution is 0.0697. The van der Waals surface area contributed by atoms with Crippen LogP contribution in [0.15, 0.2) is 51.7 Å². The molecule has 0 unspecified atom stereocenters. The zero-order valence-corrected chi connectivity index (χ0v) is 20.3. The first-order valence-electron chi connectivity index (χ1n) is 10.3. The van der Waals surface area contributed by atoms with Gasteiger partial charge < -0.3 is 14.6 Å². The van der Waals surface area contributed by atoms with E-state index in [9.17, 15) is 24.6 Å². The quantitative estimate of drug-likeness (QED) is 0.139. The highest BCUT2D eigenvalue weighted by atomic mass is 35.5. The fourth-order valence-electron chi connectivity index (χ4n) is 4.35. The largest absolute Gasteiger partial charge is 0.506 e. The van der Waals surface area contributed by atoms with Crippen molar-refractivity contribution in [2.75, 3.05) is 0 Å². The number of phenolic OH excluding ortho intramolecular Hbond substituents is 1. The molecular weight excluding hydrogens is 534 g/mol. The lowest BCUT2D eigenvalue weighted by Crippen LogP contribution is -2.12. The van der Waals surface area contributed by atoms with E-state index in [1.165, 1.54) is 25.1 Å². The van der Waals surface area contributed by atoms with Gasteiger partial charge in [0.1, 0.15) is 11.3 Å². The molecule has 0 atom stereocenters. The van der Waals surface area contributed by atoms with Crippen LogP contribution in [0, 0.1) is 5.82 Å². The van der Waals surface area contributed by atoms with Crippen LogP contribution in [0.5, 0.6) is 5.75 Å². The maximum absolute atomic E-state index is 15.5. The van der Waals surface area contributed by atoms with Crippen molar-refractivity contribution in [3.8, 4) is 28.2 Å². The number of halogens is 4. The van der Waals surface area contributed by atoms with Crippen LogP contribution in [-0.4, -0.2) is 22.0 Å². The van der Waals surface area contributed by atoms with Gasteiger partial charge in [0.05, 0.1) is 20.6 Å². The molecular formula is C26H12Cl3FO6. The monoisotopic (exact) mass is 544 g/mol. The van der Waals surface area contributed by atoms with Gasteiger partial charge in [-0.3, -0.25) is 9.59 Å². The number of rotatable bonds is 3. The average molecular weight is 546 g/mol. The third kappa shape index (κ3) is 3.43. The predicted molar refractivity (Wildman–Crippen MR) is 136 cm³/mol. The number of ketones is 1. The van der Waals surface area contributed by atoms with E-state index in [1.807, 2.05) is 0 Å². The Morgan fingerprint density at radius 3 is 2.22 bits per heavy atom. The Kier molecular flexibility index (Phi) is 5.67. The Hall–Kier alpha value is -3.65. The molecule has 0 aromatic heterocycles. The van der Waals surface area contributed by atoms with E-state index >= 15 is 4.39 Å². The van der Waals surface area contributed by atoms with E-state index < -0.39 is 40.1 Å². The SMILES string of the molecule is CC(=O)c1cc(Cl)c(C(=O)O)c(-c2c3c4ccccc4c(=O)c(F)c-3oc3cc(O)c(Cl)cc23)c1Cl. The van der Waals surface area contributed by atoms with Crippen LogP contribution in [0.1, 0.15) is 27.6 Å². The molecule has 0 amide bonds. The Morgan fingerprint density at radius 2 is 1.58 bits per heavy atom. The predicted octanol–water partition coefficient (Wildman–Crippen LogP) is 7.42. The van der Waals surface area contributed by atoms with E-state index in [-0.39, 0.29) is 59.1 Å². The summed E-state index contributed by atoms with van der Waals surface area (Å²) in [4.78, 5) is 37.5. The van der Waals surface area contributed by atoms with Crippen molar-refractivity contribution in [3.63, 3.8) is 0 Å². The minimum Gasteiger partial charge on any atom is -0.506 e. The molecule has 180 valence electrons. The first-order chi connectivity index (χ1) is 17.0. The molecule has 0 saturated carbocycles. The van der Waals surface area contributed by atoms with Crippen LogP contribution < -0.4 is 5.43 Å². The number of hydrogen-bond acceptors (Lipinski definition) is 5. The zero-order valence-electron chi connectivity index (χ0n) is 18.1. The topological polar surface area (TPSA) is 105 Å². The fourth-order valence-corrected chi connectivity index (χ4v) is 5.17. The van der Waals surface area contributed by atoms with E-state index in [0.717, 1.165) is 12.1 Å². The molecule has 36 heavy (non-hydrogen) atoms. The van der Waals surface area contributed by atoms with Gasteiger partial charge >= 0.3 is 5.97 Å². The molecule has 0 spiro atoms. The minimum atomic E-state index is -1.47. The van der Waals surface area contributed by atoms with Crippen LogP contribution in [-0.2, 0) is 0 Å². The van der Waals surface area contributed by atoms with Crippen LogP contribution in [0.25, 0.3) is 44.2 Å². The summed E-state index contributed by atoms with van der Waals surface area (Å²) < 4.78 is 21.2. The van der Waals surface area contributed by atoms with Gasteiger partial charge in [0.2, 0.25) is 11.2 Å². The number of aromatic hydroxyl groups is 1. The molecule has 0 bridgehead atoms. The van der Waals surface area contributed by atoms with Gasteiger partial charge in [-0.1, -0.05) is 59.1 Å². The number of hydrogen-bond donors (Lipinski definition) is 2. The summed E-state index contributed by atoms with van der Waals surface area (Å²) in [6.07, 6.45) is 0. The van der Waals surface area contributed by atoms with Gasteiger partial charge in [-0.15, -0.1) is 0 Å². The second-order valence-electron chi connectivity index (χ2n) is 8.00. The molecule has 1 aliphatic heterocycles. The van der Waals surface area contributed by atoms with E-state index in [4.69, 9.17) is 39.2 Å². The second kappa shape index (κ2) is 8.48. The van der Waals surface area contributed by atoms with Gasteiger partial charge in [-0.05, 0) is 24.4 Å². The van der Waals surface area contributed by atoms with E-state index in [1.54, 1.807) is 12.1 Å². The van der Waals surface area contributed by atoms with Crippen molar-refractivity contribution < 1.29 is 28.6 Å². The summed E-state index contributed by atoms with van der Waals surface area (Å²) >= 11 is 19.1. The van der Waals surface area contributed by atoms with Crippen molar-refractivity contribution in [1.29, 1.82) is 0 Å². The lowest BCUT2D eigenvalue weighted by atomic mass is 9.86. The third-order valence-electron chi connectivity index (χ3n) is 5.91. The van der Waals surface area contributed by atoms with E-state index in [2.05, 4.69) is 0 Å². The molecule has 5 rings (SSSR count). The lowest BCUT2D eigenvalue weighted by Gasteiger charge is -2.21. The van der Waals surface area contributed by atoms with Gasteiger partial charge in [0.15, 0.2) is 11.5 Å². The minimum absolute atomic E-state index is 0.00462. The number of carbonyl (C=O) groups excluding carboxylic acids is 1. The summed E-state index contributed by atoms with van der Waals surface area (Å²) in [7, 11) is 0. The smallest absolute Gasteiger partial charge is 0.337 e. The summed E-state index contributed by atoms with van der Waals surface area (Å²) in [6, 6.07) is 9.64. The standard InChI is InChI=1S/C26H12Cl3FO6/c1-9(31)12-6-15(28)20(26(34)35)21(22(12)29)18-13-7-14(27)16(32)8-17(13)36-25-19(18)10-4-2-3-5-11(10)24(33)23(25)30/h2-8,32H,1H3,(H,34,35). The van der Waals surface area contributed by atoms with Gasteiger partial charge in [0.25, 0.3) is 0 Å². The van der Waals surface area contributed by atoms with Crippen molar-refractivity contribution >= 4 is 68.3 Å². The Balaban J connectivity index is 2.20. The van der Waals surface area contributed by atoms with Gasteiger partial charge in [-0.25, -0.2) is 4.79 Å². The molecule has 10 heteroatoms. The summed E-state index contributed by atoms with van der Waals surface area (Å²) in [5, 5.41) is 20.0. The molecule has 0 saturated heterocycles. The number of benzene rings is 4. The molecule has 2 aliphatic rings. The Labute approximate surface area is 216 Å². The van der Waals surface area contributed by atoms with Crippen molar-refractivity contribution in [2.45, 2.75) is 6.92 Å². The first kappa shape index (κ1) is 24.1. The molecule has 6 nitrogen and oxygen atoms in total. The molecule has 1 aliphatic carbocycles. The number of Topliss-reactive ketones (excluding diaryl/α,β-unsaturated/α-hetero) is 1. The normalized spacial score (nSPS) is 11.5. The molecule has 2 N–H and O–H groups in total. The number of phenols is 1. The number of carboxylic acid groups (broad SMARTS) is 1. The van der Waals surface area contributed by atoms with Crippen molar-refractivity contribution in [3.05, 3.63) is 84.7 Å². The van der Waals surface area contributed by atoms with Crippen molar-refractivity contribution in [2.24, 2.45) is 0 Å². The molecule has 1 heterocycles. The summed E-state index contributed by atoms with van der Waals surface area (Å²) in [5.41, 5.74) is -1.76. The third-order valence-corrected chi connectivity index (χ3v) is 6.90. The first-order valence-corrected chi connectivity index (χ1v) is 11.4. The number of fused-ring (bicyclic) bond motifs is 4. The maximum Gasteiger partial charge on any atom is 0.337 e. The fraction of sp³-hybridized carbons (Fsp3) is 0.0385. The number of carboxylic acids is 1. The molecule has 3 aromatic carbocycles. The highest BCUT2D eigenvalue weighted by molar-refractivity contribution is 6.42. The van der Waals surface area contributed by atoms with Crippen molar-refractivity contribution in [1.82, 2.24) is 0 Å². The maximum atomic E-state index is 15.5. The summed E-state index contributed by atoms with van der Waals surface area (Å²) in [5.74, 6) is -4.10. The molecule has 3 aromatic rings. The highest BCUT2D eigenvalue weighted by Gasteiger charge is 2.32. The molecule has 0 fully saturated rings. The number of aromatic carboxylic acids is 1. The van der Waals surface area contributed by atoms with Crippen LogP contribution in [0.4, 0.5) is 4.39 Å². The van der Waals surface area contributed by atoms with E-state index in [0.29, 0.717) is 0 Å². The van der Waals surface area contributed by atoms with Crippen LogP contribution >= 0.6 is 34.8 Å². The van der Waals surface area contributed by atoms with Crippen LogP contribution in [0.2, 0.25) is 15.1 Å². The average Bonchev–Trinajstić information content (AvgIpc) is 2.83.